The second-order valence-electron chi connectivity index (χ2n) is 6.81. The number of ether oxygens (including phenoxy) is 1. The van der Waals surface area contributed by atoms with Crippen molar-refractivity contribution in [2.45, 2.75) is 47.1 Å². The Morgan fingerprint density at radius 2 is 1.64 bits per heavy atom. The Bertz CT molecular complexity index is 484. The fraction of sp³-hybridized carbons (Fsp3) is 0.500. The van der Waals surface area contributed by atoms with Crippen LogP contribution in [0.5, 0.6) is 0 Å². The SMILES string of the molecule is C/C(=C\CC(C)(C)C/C=C(\C)COCc1ccccc1)CO. The molecule has 0 atom stereocenters. The lowest BCUT2D eigenvalue weighted by Gasteiger charge is -2.21. The van der Waals surface area contributed by atoms with Gasteiger partial charge in [-0.25, -0.2) is 0 Å². The Hall–Kier alpha value is -1.38. The number of aliphatic hydroxyl groups is 1. The zero-order valence-corrected chi connectivity index (χ0v) is 14.4. The average Bonchev–Trinajstić information content (AvgIpc) is 2.52. The summed E-state index contributed by atoms with van der Waals surface area (Å²) in [6.07, 6.45) is 6.40. The zero-order valence-electron chi connectivity index (χ0n) is 14.4. The van der Waals surface area contributed by atoms with Crippen LogP contribution in [-0.4, -0.2) is 18.3 Å². The quantitative estimate of drug-likeness (QED) is 0.658. The van der Waals surface area contributed by atoms with Crippen LogP contribution >= 0.6 is 0 Å². The van der Waals surface area contributed by atoms with Crippen molar-refractivity contribution in [1.82, 2.24) is 0 Å². The molecule has 0 aromatic heterocycles. The third-order valence-corrected chi connectivity index (χ3v) is 3.70. The molecule has 122 valence electrons. The molecule has 0 saturated heterocycles. The molecule has 0 aliphatic heterocycles. The summed E-state index contributed by atoms with van der Waals surface area (Å²) < 4.78 is 5.75. The van der Waals surface area contributed by atoms with Gasteiger partial charge in [-0.15, -0.1) is 0 Å². The van der Waals surface area contributed by atoms with Gasteiger partial charge in [0.25, 0.3) is 0 Å². The van der Waals surface area contributed by atoms with E-state index < -0.39 is 0 Å². The van der Waals surface area contributed by atoms with Crippen LogP contribution in [0.25, 0.3) is 0 Å². The highest BCUT2D eigenvalue weighted by molar-refractivity contribution is 5.13. The van der Waals surface area contributed by atoms with E-state index in [-0.39, 0.29) is 12.0 Å². The monoisotopic (exact) mass is 302 g/mol. The van der Waals surface area contributed by atoms with E-state index in [1.807, 2.05) is 25.1 Å². The molecule has 1 rings (SSSR count). The molecule has 22 heavy (non-hydrogen) atoms. The minimum absolute atomic E-state index is 0.151. The van der Waals surface area contributed by atoms with Crippen molar-refractivity contribution in [3.05, 3.63) is 59.2 Å². The Balaban J connectivity index is 2.35. The first-order valence-corrected chi connectivity index (χ1v) is 7.97. The van der Waals surface area contributed by atoms with Gasteiger partial charge in [-0.1, -0.05) is 67.5 Å². The molecule has 1 N–H and O–H groups in total. The van der Waals surface area contributed by atoms with Crippen LogP contribution in [0.4, 0.5) is 0 Å². The van der Waals surface area contributed by atoms with E-state index in [9.17, 15) is 0 Å². The lowest BCUT2D eigenvalue weighted by atomic mass is 9.84. The molecule has 0 radical (unpaired) electrons. The molecule has 0 fully saturated rings. The van der Waals surface area contributed by atoms with E-state index in [4.69, 9.17) is 9.84 Å². The van der Waals surface area contributed by atoms with Crippen molar-refractivity contribution in [3.8, 4) is 0 Å². The number of benzene rings is 1. The first-order chi connectivity index (χ1) is 10.4. The standard InChI is InChI=1S/C20H30O2/c1-17(14-21)10-12-20(3,4)13-11-18(2)15-22-16-19-8-6-5-7-9-19/h5-11,21H,12-16H2,1-4H3/b17-10+,18-11+. The Morgan fingerprint density at radius 1 is 1.05 bits per heavy atom. The highest BCUT2D eigenvalue weighted by atomic mass is 16.5. The molecular formula is C20H30O2. The van der Waals surface area contributed by atoms with Crippen LogP contribution in [0, 0.1) is 5.41 Å². The molecular weight excluding hydrogens is 272 g/mol. The van der Waals surface area contributed by atoms with Gasteiger partial charge in [-0.2, -0.15) is 0 Å². The van der Waals surface area contributed by atoms with E-state index in [1.165, 1.54) is 11.1 Å². The second-order valence-corrected chi connectivity index (χ2v) is 6.81. The first kappa shape index (κ1) is 18.7. The van der Waals surface area contributed by atoms with Gasteiger partial charge in [0.1, 0.15) is 0 Å². The third kappa shape index (κ3) is 8.16. The highest BCUT2D eigenvalue weighted by Gasteiger charge is 2.14. The number of hydrogen-bond acceptors (Lipinski definition) is 2. The predicted octanol–water partition coefficient (Wildman–Crippen LogP) is 4.89. The molecule has 2 nitrogen and oxygen atoms in total. The predicted molar refractivity (Wildman–Crippen MR) is 93.7 cm³/mol. The molecule has 1 aromatic rings. The van der Waals surface area contributed by atoms with Crippen molar-refractivity contribution >= 4 is 0 Å². The van der Waals surface area contributed by atoms with Crippen molar-refractivity contribution in [1.29, 1.82) is 0 Å². The zero-order chi connectivity index (χ0) is 16.4. The lowest BCUT2D eigenvalue weighted by Crippen LogP contribution is -2.09. The number of hydrogen-bond donors (Lipinski definition) is 1. The smallest absolute Gasteiger partial charge is 0.0721 e. The minimum atomic E-state index is 0.151. The molecule has 1 aromatic carbocycles. The summed E-state index contributed by atoms with van der Waals surface area (Å²) in [6, 6.07) is 10.2. The molecule has 0 saturated carbocycles. The van der Waals surface area contributed by atoms with E-state index in [1.54, 1.807) is 0 Å². The normalized spacial score (nSPS) is 13.5. The largest absolute Gasteiger partial charge is 0.392 e. The van der Waals surface area contributed by atoms with Crippen LogP contribution in [0.1, 0.15) is 46.1 Å². The Kier molecular flexibility index (Phi) is 8.15. The highest BCUT2D eigenvalue weighted by Crippen LogP contribution is 2.27. The molecule has 0 bridgehead atoms. The van der Waals surface area contributed by atoms with E-state index in [0.717, 1.165) is 18.4 Å². The fourth-order valence-electron chi connectivity index (χ4n) is 2.01. The van der Waals surface area contributed by atoms with Crippen LogP contribution in [-0.2, 0) is 11.3 Å². The summed E-state index contributed by atoms with van der Waals surface area (Å²) in [4.78, 5) is 0. The van der Waals surface area contributed by atoms with Crippen LogP contribution in [0.2, 0.25) is 0 Å². The van der Waals surface area contributed by atoms with Gasteiger partial charge in [0, 0.05) is 0 Å². The van der Waals surface area contributed by atoms with Gasteiger partial charge in [0.2, 0.25) is 0 Å². The molecule has 2 heteroatoms. The molecule has 0 aliphatic carbocycles. The molecule has 0 aliphatic rings. The number of aliphatic hydroxyl groups excluding tert-OH is 1. The van der Waals surface area contributed by atoms with Gasteiger partial charge in [-0.3, -0.25) is 0 Å². The Labute approximate surface area is 135 Å². The third-order valence-electron chi connectivity index (χ3n) is 3.70. The van der Waals surface area contributed by atoms with Crippen molar-refractivity contribution < 1.29 is 9.84 Å². The van der Waals surface area contributed by atoms with Gasteiger partial charge >= 0.3 is 0 Å². The minimum Gasteiger partial charge on any atom is -0.392 e. The number of allylic oxidation sites excluding steroid dienone is 2. The first-order valence-electron chi connectivity index (χ1n) is 7.97. The van der Waals surface area contributed by atoms with Gasteiger partial charge in [0.05, 0.1) is 19.8 Å². The van der Waals surface area contributed by atoms with Crippen molar-refractivity contribution in [3.63, 3.8) is 0 Å². The maximum Gasteiger partial charge on any atom is 0.0721 e. The van der Waals surface area contributed by atoms with E-state index in [0.29, 0.717) is 13.2 Å². The van der Waals surface area contributed by atoms with Gasteiger partial charge in [0.15, 0.2) is 0 Å². The summed E-state index contributed by atoms with van der Waals surface area (Å²) in [5.41, 5.74) is 3.73. The summed E-state index contributed by atoms with van der Waals surface area (Å²) in [6.45, 7) is 10.1. The average molecular weight is 302 g/mol. The van der Waals surface area contributed by atoms with E-state index >= 15 is 0 Å². The van der Waals surface area contributed by atoms with Gasteiger partial charge in [-0.05, 0) is 37.7 Å². The topological polar surface area (TPSA) is 29.5 Å². The number of rotatable bonds is 9. The molecule has 0 spiro atoms. The van der Waals surface area contributed by atoms with Crippen molar-refractivity contribution in [2.24, 2.45) is 5.41 Å². The van der Waals surface area contributed by atoms with Crippen LogP contribution in [0.3, 0.4) is 0 Å². The maximum absolute atomic E-state index is 9.04. The van der Waals surface area contributed by atoms with Crippen LogP contribution in [0.15, 0.2) is 53.6 Å². The molecule has 0 heterocycles. The second kappa shape index (κ2) is 9.60. The summed E-state index contributed by atoms with van der Waals surface area (Å²) >= 11 is 0. The summed E-state index contributed by atoms with van der Waals surface area (Å²) in [7, 11) is 0. The summed E-state index contributed by atoms with van der Waals surface area (Å²) in [5, 5.41) is 9.04. The molecule has 0 unspecified atom stereocenters. The van der Waals surface area contributed by atoms with E-state index in [2.05, 4.69) is 45.1 Å². The Morgan fingerprint density at radius 3 is 2.23 bits per heavy atom. The van der Waals surface area contributed by atoms with Crippen LogP contribution < -0.4 is 0 Å². The summed E-state index contributed by atoms with van der Waals surface area (Å²) in [5.74, 6) is 0. The van der Waals surface area contributed by atoms with Gasteiger partial charge < -0.3 is 9.84 Å². The fourth-order valence-corrected chi connectivity index (χ4v) is 2.01. The molecule has 0 amide bonds. The lowest BCUT2D eigenvalue weighted by molar-refractivity contribution is 0.142. The van der Waals surface area contributed by atoms with Crippen molar-refractivity contribution in [2.75, 3.05) is 13.2 Å². The maximum atomic E-state index is 9.04.